The van der Waals surface area contributed by atoms with Crippen LogP contribution in [0.3, 0.4) is 0 Å². The van der Waals surface area contributed by atoms with Gasteiger partial charge in [-0.05, 0) is 42.0 Å². The van der Waals surface area contributed by atoms with Crippen LogP contribution in [0.25, 0.3) is 0 Å². The molecule has 2 nitrogen and oxygen atoms in total. The van der Waals surface area contributed by atoms with Gasteiger partial charge in [0.05, 0.1) is 17.4 Å². The van der Waals surface area contributed by atoms with Gasteiger partial charge in [-0.25, -0.2) is 4.99 Å². The number of rotatable bonds is 2. The van der Waals surface area contributed by atoms with Crippen LogP contribution in [0.1, 0.15) is 28.3 Å². The Labute approximate surface area is 192 Å². The zero-order chi connectivity index (χ0) is 21.4. The minimum Gasteiger partial charge on any atom is -0.363 e. The monoisotopic (exact) mass is 442 g/mol. The molecular weight excluding hydrogens is 423 g/mol. The summed E-state index contributed by atoms with van der Waals surface area (Å²) in [5.74, 6) is 0. The molecule has 0 bridgehead atoms. The van der Waals surface area contributed by atoms with Gasteiger partial charge >= 0.3 is 0 Å². The van der Waals surface area contributed by atoms with Crippen molar-refractivity contribution in [3.05, 3.63) is 129 Å². The van der Waals surface area contributed by atoms with Crippen LogP contribution in [0, 0.1) is 0 Å². The molecule has 4 aromatic rings. The van der Waals surface area contributed by atoms with Gasteiger partial charge in [0.1, 0.15) is 0 Å². The second kappa shape index (κ2) is 8.22. The van der Waals surface area contributed by atoms with E-state index in [-0.39, 0.29) is 6.04 Å². The minimum absolute atomic E-state index is 0.0455. The molecule has 0 aromatic heterocycles. The maximum absolute atomic E-state index is 6.46. The second-order valence-electron chi connectivity index (χ2n) is 7.62. The van der Waals surface area contributed by atoms with Gasteiger partial charge in [-0.2, -0.15) is 0 Å². The van der Waals surface area contributed by atoms with Gasteiger partial charge in [-0.15, -0.1) is 0 Å². The zero-order valence-electron chi connectivity index (χ0n) is 17.0. The van der Waals surface area contributed by atoms with Crippen LogP contribution in [-0.4, -0.2) is 12.8 Å². The van der Waals surface area contributed by atoms with Gasteiger partial charge in [0.15, 0.2) is 0 Å². The Morgan fingerprint density at radius 3 is 2.13 bits per heavy atom. The zero-order valence-corrected chi connectivity index (χ0v) is 18.5. The first-order chi connectivity index (χ1) is 15.1. The molecule has 0 aliphatic carbocycles. The van der Waals surface area contributed by atoms with Crippen molar-refractivity contribution in [2.24, 2.45) is 4.99 Å². The van der Waals surface area contributed by atoms with Gasteiger partial charge in [-0.3, -0.25) is 0 Å². The number of hydrogen-bond donors (Lipinski definition) is 0. The highest BCUT2D eigenvalue weighted by molar-refractivity contribution is 6.32. The maximum Gasteiger partial charge on any atom is 0.0814 e. The molecule has 0 fully saturated rings. The number of nitrogens with zero attached hydrogens (tertiary/aromatic N) is 2. The highest BCUT2D eigenvalue weighted by Crippen LogP contribution is 2.42. The number of anilines is 1. The first kappa shape index (κ1) is 19.9. The molecule has 0 saturated heterocycles. The van der Waals surface area contributed by atoms with Crippen molar-refractivity contribution in [1.82, 2.24) is 0 Å². The van der Waals surface area contributed by atoms with Crippen LogP contribution in [0.4, 0.5) is 11.4 Å². The summed E-state index contributed by atoms with van der Waals surface area (Å²) in [5, 5.41) is 1.38. The molecule has 4 heteroatoms. The Hall–Kier alpha value is -3.07. The average molecular weight is 443 g/mol. The van der Waals surface area contributed by atoms with Crippen LogP contribution in [0.15, 0.2) is 102 Å². The van der Waals surface area contributed by atoms with E-state index in [0.717, 1.165) is 33.8 Å². The molecule has 1 aliphatic rings. The van der Waals surface area contributed by atoms with Crippen molar-refractivity contribution < 1.29 is 0 Å². The third-order valence-electron chi connectivity index (χ3n) is 5.66. The summed E-state index contributed by atoms with van der Waals surface area (Å²) in [5.41, 5.74) is 7.13. The molecule has 5 rings (SSSR count). The predicted octanol–water partition coefficient (Wildman–Crippen LogP) is 7.70. The fourth-order valence-corrected chi connectivity index (χ4v) is 4.59. The van der Waals surface area contributed by atoms with E-state index >= 15 is 0 Å². The smallest absolute Gasteiger partial charge is 0.0814 e. The molecule has 1 unspecified atom stereocenters. The molecule has 152 valence electrons. The quantitative estimate of drug-likeness (QED) is 0.310. The molecule has 1 atom stereocenters. The first-order valence-electron chi connectivity index (χ1n) is 10.1. The Kier molecular flexibility index (Phi) is 5.27. The largest absolute Gasteiger partial charge is 0.363 e. The Morgan fingerprint density at radius 2 is 1.39 bits per heavy atom. The first-order valence-corrected chi connectivity index (χ1v) is 10.9. The second-order valence-corrected chi connectivity index (χ2v) is 8.49. The third-order valence-corrected chi connectivity index (χ3v) is 6.13. The van der Waals surface area contributed by atoms with Crippen molar-refractivity contribution in [3.8, 4) is 0 Å². The van der Waals surface area contributed by atoms with E-state index in [1.165, 1.54) is 5.56 Å². The Morgan fingerprint density at radius 1 is 0.742 bits per heavy atom. The normalized spacial score (nSPS) is 15.4. The van der Waals surface area contributed by atoms with Crippen molar-refractivity contribution >= 4 is 40.3 Å². The fraction of sp³-hybridized carbons (Fsp3) is 0.0741. The summed E-state index contributed by atoms with van der Waals surface area (Å²) in [6.07, 6.45) is 0. The number of aliphatic imine (C=N–C) groups is 1. The molecule has 0 spiro atoms. The minimum atomic E-state index is -0.0455. The maximum atomic E-state index is 6.46. The molecule has 1 heterocycles. The van der Waals surface area contributed by atoms with E-state index in [9.17, 15) is 0 Å². The predicted molar refractivity (Wildman–Crippen MR) is 131 cm³/mol. The van der Waals surface area contributed by atoms with Gasteiger partial charge < -0.3 is 4.90 Å². The van der Waals surface area contributed by atoms with E-state index in [2.05, 4.69) is 54.4 Å². The molecule has 31 heavy (non-hydrogen) atoms. The highest BCUT2D eigenvalue weighted by atomic mass is 35.5. The summed E-state index contributed by atoms with van der Waals surface area (Å²) in [4.78, 5) is 7.46. The number of fused-ring (bicyclic) bond motifs is 2. The van der Waals surface area contributed by atoms with Crippen LogP contribution in [-0.2, 0) is 0 Å². The number of halogens is 2. The molecule has 0 N–H and O–H groups in total. The third kappa shape index (κ3) is 3.74. The SMILES string of the molecule is CN1c2ccc(Cl)cc2C(c2ccccc2)=Nc2ccc(Cl)cc2C1c1ccccc1. The van der Waals surface area contributed by atoms with Gasteiger partial charge in [0.2, 0.25) is 0 Å². The van der Waals surface area contributed by atoms with E-state index in [1.807, 2.05) is 54.6 Å². The summed E-state index contributed by atoms with van der Waals surface area (Å²) in [7, 11) is 2.11. The lowest BCUT2D eigenvalue weighted by Gasteiger charge is -2.35. The molecule has 1 aliphatic heterocycles. The standard InChI is InChI=1S/C27H20Cl2N2/c1-31-25-15-13-21(29)17-23(25)26(18-8-4-2-5-9-18)30-24-14-12-20(28)16-22(24)27(31)19-10-6-3-7-11-19/h2-17,27H,1H3. The Balaban J connectivity index is 1.86. The van der Waals surface area contributed by atoms with Crippen LogP contribution in [0.5, 0.6) is 0 Å². The molecule has 0 radical (unpaired) electrons. The van der Waals surface area contributed by atoms with Crippen molar-refractivity contribution in [2.45, 2.75) is 6.04 Å². The van der Waals surface area contributed by atoms with Gasteiger partial charge in [-0.1, -0.05) is 83.9 Å². The van der Waals surface area contributed by atoms with Crippen LogP contribution in [0.2, 0.25) is 10.0 Å². The van der Waals surface area contributed by atoms with Crippen molar-refractivity contribution in [3.63, 3.8) is 0 Å². The van der Waals surface area contributed by atoms with E-state index < -0.39 is 0 Å². The lowest BCUT2D eigenvalue weighted by molar-refractivity contribution is 0.781. The van der Waals surface area contributed by atoms with Crippen LogP contribution < -0.4 is 4.90 Å². The molecular formula is C27H20Cl2N2. The van der Waals surface area contributed by atoms with E-state index in [4.69, 9.17) is 28.2 Å². The Bertz CT molecular complexity index is 1270. The lowest BCUT2D eigenvalue weighted by atomic mass is 9.91. The van der Waals surface area contributed by atoms with Crippen molar-refractivity contribution in [1.29, 1.82) is 0 Å². The summed E-state index contributed by atoms with van der Waals surface area (Å²) < 4.78 is 0. The molecule has 0 amide bonds. The fourth-order valence-electron chi connectivity index (χ4n) is 4.23. The average Bonchev–Trinajstić information content (AvgIpc) is 2.79. The summed E-state index contributed by atoms with van der Waals surface area (Å²) in [6.45, 7) is 0. The van der Waals surface area contributed by atoms with E-state index in [0.29, 0.717) is 10.0 Å². The lowest BCUT2D eigenvalue weighted by Crippen LogP contribution is -2.28. The van der Waals surface area contributed by atoms with Gasteiger partial charge in [0.25, 0.3) is 0 Å². The summed E-state index contributed by atoms with van der Waals surface area (Å²) >= 11 is 12.9. The topological polar surface area (TPSA) is 15.6 Å². The highest BCUT2D eigenvalue weighted by Gasteiger charge is 2.28. The van der Waals surface area contributed by atoms with Gasteiger partial charge in [0, 0.05) is 39.5 Å². The number of hydrogen-bond acceptors (Lipinski definition) is 2. The van der Waals surface area contributed by atoms with Crippen LogP contribution >= 0.6 is 23.2 Å². The number of benzene rings is 4. The summed E-state index contributed by atoms with van der Waals surface area (Å²) in [6, 6.07) is 32.6. The molecule has 0 saturated carbocycles. The van der Waals surface area contributed by atoms with E-state index in [1.54, 1.807) is 0 Å². The van der Waals surface area contributed by atoms with Crippen molar-refractivity contribution in [2.75, 3.05) is 11.9 Å². The molecule has 4 aromatic carbocycles.